The van der Waals surface area contributed by atoms with Crippen molar-refractivity contribution in [3.8, 4) is 0 Å². The topological polar surface area (TPSA) is 70.1 Å². The average Bonchev–Trinajstić information content (AvgIpc) is 3.31. The van der Waals surface area contributed by atoms with E-state index in [0.717, 1.165) is 49.7 Å². The Labute approximate surface area is 261 Å². The minimum atomic E-state index is -4.76. The summed E-state index contributed by atoms with van der Waals surface area (Å²) in [5.41, 5.74) is -1.48. The zero-order chi connectivity index (χ0) is 31.9. The number of hydrogen-bond donors (Lipinski definition) is 1. The first-order valence-electron chi connectivity index (χ1n) is 16.7. The number of aliphatic hydroxyl groups is 1. The molecule has 2 unspecified atom stereocenters. The number of sulfonamides is 1. The number of alkyl halides is 3. The van der Waals surface area contributed by atoms with Gasteiger partial charge in [-0.2, -0.15) is 17.5 Å². The third-order valence-corrected chi connectivity index (χ3v) is 15.4. The molecule has 0 bridgehead atoms. The molecule has 248 valence electrons. The van der Waals surface area contributed by atoms with E-state index in [1.807, 2.05) is 14.0 Å². The number of rotatable bonds is 5. The van der Waals surface area contributed by atoms with Gasteiger partial charge in [0.15, 0.2) is 0 Å². The molecule has 0 radical (unpaired) electrons. The number of nitrogens with zero attached hydrogens (tertiary/aromatic N) is 2. The van der Waals surface area contributed by atoms with Gasteiger partial charge in [-0.1, -0.05) is 26.0 Å². The van der Waals surface area contributed by atoms with Gasteiger partial charge in [0.05, 0.1) is 22.2 Å². The van der Waals surface area contributed by atoms with Gasteiger partial charge in [0, 0.05) is 38.8 Å². The highest BCUT2D eigenvalue weighted by Crippen LogP contribution is 2.67. The first-order valence-corrected chi connectivity index (χ1v) is 18.1. The molecule has 0 amide bonds. The van der Waals surface area contributed by atoms with Crippen LogP contribution >= 0.6 is 0 Å². The van der Waals surface area contributed by atoms with Gasteiger partial charge in [-0.05, 0) is 118 Å². The second kappa shape index (κ2) is 11.2. The van der Waals surface area contributed by atoms with Crippen molar-refractivity contribution < 1.29 is 31.4 Å². The molecule has 10 atom stereocenters. The van der Waals surface area contributed by atoms with Gasteiger partial charge in [0.2, 0.25) is 10.0 Å². The second-order valence-electron chi connectivity index (χ2n) is 15.6. The molecule has 10 heteroatoms. The van der Waals surface area contributed by atoms with Crippen LogP contribution in [0.3, 0.4) is 0 Å². The number of fused-ring (bicyclic) bond motifs is 5. The molecule has 1 aliphatic heterocycles. The van der Waals surface area contributed by atoms with Gasteiger partial charge in [-0.15, -0.1) is 0 Å². The van der Waals surface area contributed by atoms with Crippen LogP contribution < -0.4 is 0 Å². The third-order valence-electron chi connectivity index (χ3n) is 13.4. The van der Waals surface area contributed by atoms with Crippen LogP contribution in [0.25, 0.3) is 0 Å². The number of β-amino-alcohol motifs (C(OH)–C–C–N with tert-alkyl or cyclic N) is 1. The SMILES string of the molecule is CO[C@H]1CC[C@H]2[C@@H]3CC[C@H]4C[C@@](O)(CN5CC(C)N(S(=O)(=O)c6ccccc6C(F)(F)F)CC5C)CC[C@]4(C)[C@H]3CC[C@]12C. The van der Waals surface area contributed by atoms with E-state index in [1.54, 1.807) is 6.92 Å². The van der Waals surface area contributed by atoms with Crippen molar-refractivity contribution in [2.75, 3.05) is 26.7 Å². The molecule has 6 nitrogen and oxygen atoms in total. The van der Waals surface area contributed by atoms with Crippen molar-refractivity contribution in [2.45, 2.75) is 120 Å². The van der Waals surface area contributed by atoms with Crippen LogP contribution in [0.1, 0.15) is 91.0 Å². The van der Waals surface area contributed by atoms with Gasteiger partial charge in [0.1, 0.15) is 0 Å². The lowest BCUT2D eigenvalue weighted by Gasteiger charge is -2.62. The highest BCUT2D eigenvalue weighted by molar-refractivity contribution is 7.89. The summed E-state index contributed by atoms with van der Waals surface area (Å²) < 4.78 is 75.4. The Bertz CT molecular complexity index is 1340. The van der Waals surface area contributed by atoms with E-state index in [4.69, 9.17) is 4.74 Å². The molecule has 0 aromatic heterocycles. The molecule has 1 aromatic rings. The van der Waals surface area contributed by atoms with E-state index in [9.17, 15) is 26.7 Å². The monoisotopic (exact) mass is 640 g/mol. The van der Waals surface area contributed by atoms with Crippen LogP contribution in [-0.4, -0.2) is 73.3 Å². The lowest BCUT2D eigenvalue weighted by Crippen LogP contribution is -2.62. The van der Waals surface area contributed by atoms with E-state index < -0.39 is 38.3 Å². The standard InChI is InChI=1S/C34H51F3N2O4S/c1-22-20-39(44(41,42)29-9-7-6-8-28(29)34(35,36)37)23(2)19-38(22)21-33(40)17-16-31(3)24(18-33)10-11-25-26-12-13-30(43-5)32(26,4)15-14-27(25)31/h6-9,22-27,30,40H,10-21H2,1-5H3/t22?,23?,24-,25-,26-,27-,30-,31-,32-,33+/m0/s1. The van der Waals surface area contributed by atoms with Gasteiger partial charge in [-0.25, -0.2) is 8.42 Å². The molecule has 5 fully saturated rings. The van der Waals surface area contributed by atoms with Crippen LogP contribution in [0.4, 0.5) is 13.2 Å². The van der Waals surface area contributed by atoms with Crippen molar-refractivity contribution >= 4 is 10.0 Å². The van der Waals surface area contributed by atoms with Crippen molar-refractivity contribution in [1.29, 1.82) is 0 Å². The number of benzene rings is 1. The minimum absolute atomic E-state index is 0.0826. The summed E-state index contributed by atoms with van der Waals surface area (Å²) >= 11 is 0. The van der Waals surface area contributed by atoms with Crippen LogP contribution in [0.15, 0.2) is 29.2 Å². The molecule has 44 heavy (non-hydrogen) atoms. The molecule has 1 heterocycles. The molecule has 1 saturated heterocycles. The minimum Gasteiger partial charge on any atom is -0.389 e. The fraction of sp³-hybridized carbons (Fsp3) is 0.824. The first kappa shape index (κ1) is 32.7. The third kappa shape index (κ3) is 5.26. The second-order valence-corrected chi connectivity index (χ2v) is 17.5. The molecular weight excluding hydrogens is 589 g/mol. The number of hydrogen-bond acceptors (Lipinski definition) is 5. The van der Waals surface area contributed by atoms with Gasteiger partial charge in [-0.3, -0.25) is 4.90 Å². The molecule has 5 aliphatic rings. The van der Waals surface area contributed by atoms with Crippen LogP contribution in [0.5, 0.6) is 0 Å². The maximum Gasteiger partial charge on any atom is 0.417 e. The lowest BCUT2D eigenvalue weighted by molar-refractivity contribution is -0.163. The van der Waals surface area contributed by atoms with E-state index in [-0.39, 0.29) is 23.4 Å². The lowest BCUT2D eigenvalue weighted by atomic mass is 9.44. The van der Waals surface area contributed by atoms with E-state index >= 15 is 0 Å². The van der Waals surface area contributed by atoms with Crippen molar-refractivity contribution in [2.24, 2.45) is 34.5 Å². The van der Waals surface area contributed by atoms with Crippen LogP contribution in [0, 0.1) is 34.5 Å². The Morgan fingerprint density at radius 1 is 0.932 bits per heavy atom. The molecule has 4 aliphatic carbocycles. The molecule has 6 rings (SSSR count). The largest absolute Gasteiger partial charge is 0.417 e. The Morgan fingerprint density at radius 3 is 2.34 bits per heavy atom. The number of halogens is 3. The Kier molecular flexibility index (Phi) is 8.34. The summed E-state index contributed by atoms with van der Waals surface area (Å²) in [6.07, 6.45) is 5.35. The Morgan fingerprint density at radius 2 is 1.64 bits per heavy atom. The molecule has 0 spiro atoms. The Balaban J connectivity index is 1.13. The zero-order valence-corrected chi connectivity index (χ0v) is 27.8. The van der Waals surface area contributed by atoms with Crippen LogP contribution in [0.2, 0.25) is 0 Å². The number of ether oxygens (including phenoxy) is 1. The number of methoxy groups -OCH3 is 1. The van der Waals surface area contributed by atoms with Crippen molar-refractivity contribution in [1.82, 2.24) is 9.21 Å². The summed E-state index contributed by atoms with van der Waals surface area (Å²) in [5.74, 6) is 2.61. The highest BCUT2D eigenvalue weighted by atomic mass is 32.2. The molecule has 4 saturated carbocycles. The van der Waals surface area contributed by atoms with E-state index in [2.05, 4.69) is 18.7 Å². The quantitative estimate of drug-likeness (QED) is 0.394. The maximum absolute atomic E-state index is 13.7. The summed E-state index contributed by atoms with van der Waals surface area (Å²) in [6.45, 7) is 9.54. The maximum atomic E-state index is 13.7. The van der Waals surface area contributed by atoms with E-state index in [1.165, 1.54) is 48.5 Å². The summed E-state index contributed by atoms with van der Waals surface area (Å²) in [4.78, 5) is 1.47. The molecule has 1 aromatic carbocycles. The predicted octanol–water partition coefficient (Wildman–Crippen LogP) is 6.58. The fourth-order valence-electron chi connectivity index (χ4n) is 11.0. The Hall–Kier alpha value is -1.20. The molecule has 1 N–H and O–H groups in total. The van der Waals surface area contributed by atoms with Gasteiger partial charge < -0.3 is 9.84 Å². The van der Waals surface area contributed by atoms with Crippen molar-refractivity contribution in [3.63, 3.8) is 0 Å². The van der Waals surface area contributed by atoms with Gasteiger partial charge in [0.25, 0.3) is 0 Å². The van der Waals surface area contributed by atoms with Gasteiger partial charge >= 0.3 is 6.18 Å². The zero-order valence-electron chi connectivity index (χ0n) is 26.9. The highest BCUT2D eigenvalue weighted by Gasteiger charge is 2.61. The van der Waals surface area contributed by atoms with Crippen LogP contribution in [-0.2, 0) is 20.9 Å². The fourth-order valence-corrected chi connectivity index (χ4v) is 12.9. The average molecular weight is 641 g/mol. The first-order chi connectivity index (χ1) is 20.5. The summed E-state index contributed by atoms with van der Waals surface area (Å²) in [5, 5.41) is 12.0. The van der Waals surface area contributed by atoms with Crippen molar-refractivity contribution in [3.05, 3.63) is 29.8 Å². The summed E-state index contributed by atoms with van der Waals surface area (Å²) in [7, 11) is -2.49. The number of piperazine rings is 1. The van der Waals surface area contributed by atoms with E-state index in [0.29, 0.717) is 31.0 Å². The smallest absolute Gasteiger partial charge is 0.389 e. The predicted molar refractivity (Wildman–Crippen MR) is 163 cm³/mol. The molecular formula is C34H51F3N2O4S. The normalized spacial score (nSPS) is 43.7. The summed E-state index contributed by atoms with van der Waals surface area (Å²) in [6, 6.07) is 3.66.